The summed E-state index contributed by atoms with van der Waals surface area (Å²) in [6.07, 6.45) is 4.58. The first-order valence-corrected chi connectivity index (χ1v) is 8.18. The monoisotopic (exact) mass is 310 g/mol. The molecule has 124 valence electrons. The summed E-state index contributed by atoms with van der Waals surface area (Å²) in [5.41, 5.74) is 0. The molecule has 1 heterocycles. The topological polar surface area (TPSA) is 86.7 Å². The SMILES string of the molecule is CC1CCC(N2CC(C(=O)NCC(C)C(=O)O)CC2=O)CC1. The van der Waals surface area contributed by atoms with Crippen molar-refractivity contribution in [3.05, 3.63) is 0 Å². The molecule has 1 aliphatic carbocycles. The lowest BCUT2D eigenvalue weighted by atomic mass is 9.87. The number of carbonyl (C=O) groups excluding carboxylic acids is 2. The zero-order chi connectivity index (χ0) is 16.3. The standard InChI is InChI=1S/C16H26N2O4/c1-10-3-5-13(6-4-10)18-9-12(7-14(18)19)15(20)17-8-11(2)16(21)22/h10-13H,3-9H2,1-2H3,(H,17,20)(H,21,22). The van der Waals surface area contributed by atoms with Crippen molar-refractivity contribution < 1.29 is 19.5 Å². The molecule has 6 heteroatoms. The van der Waals surface area contributed by atoms with Crippen molar-refractivity contribution in [3.63, 3.8) is 0 Å². The molecule has 6 nitrogen and oxygen atoms in total. The van der Waals surface area contributed by atoms with Gasteiger partial charge in [-0.15, -0.1) is 0 Å². The number of hydrogen-bond acceptors (Lipinski definition) is 3. The van der Waals surface area contributed by atoms with Crippen molar-refractivity contribution in [2.75, 3.05) is 13.1 Å². The van der Waals surface area contributed by atoms with Gasteiger partial charge in [0.25, 0.3) is 0 Å². The number of rotatable bonds is 5. The molecule has 1 saturated carbocycles. The smallest absolute Gasteiger partial charge is 0.308 e. The van der Waals surface area contributed by atoms with Gasteiger partial charge in [0.05, 0.1) is 11.8 Å². The molecular formula is C16H26N2O4. The van der Waals surface area contributed by atoms with E-state index in [1.165, 1.54) is 0 Å². The molecule has 2 atom stereocenters. The van der Waals surface area contributed by atoms with Crippen LogP contribution in [0.4, 0.5) is 0 Å². The van der Waals surface area contributed by atoms with E-state index >= 15 is 0 Å². The maximum atomic E-state index is 12.2. The molecule has 1 aliphatic heterocycles. The van der Waals surface area contributed by atoms with Crippen molar-refractivity contribution in [2.45, 2.75) is 52.0 Å². The zero-order valence-corrected chi connectivity index (χ0v) is 13.4. The van der Waals surface area contributed by atoms with E-state index in [0.29, 0.717) is 6.54 Å². The number of carbonyl (C=O) groups is 3. The van der Waals surface area contributed by atoms with Crippen LogP contribution < -0.4 is 5.32 Å². The van der Waals surface area contributed by atoms with Gasteiger partial charge < -0.3 is 15.3 Å². The van der Waals surface area contributed by atoms with Crippen LogP contribution in [0.25, 0.3) is 0 Å². The minimum absolute atomic E-state index is 0.0611. The number of likely N-dealkylation sites (tertiary alicyclic amines) is 1. The van der Waals surface area contributed by atoms with Crippen LogP contribution in [0.5, 0.6) is 0 Å². The number of amides is 2. The minimum atomic E-state index is -0.930. The highest BCUT2D eigenvalue weighted by Crippen LogP contribution is 2.31. The summed E-state index contributed by atoms with van der Waals surface area (Å²) in [5.74, 6) is -1.30. The molecule has 0 aromatic heterocycles. The number of aliphatic carboxylic acids is 1. The molecule has 0 radical (unpaired) electrons. The van der Waals surface area contributed by atoms with Crippen molar-refractivity contribution in [3.8, 4) is 0 Å². The fraction of sp³-hybridized carbons (Fsp3) is 0.812. The van der Waals surface area contributed by atoms with E-state index in [0.717, 1.165) is 31.6 Å². The fourth-order valence-corrected chi connectivity index (χ4v) is 3.30. The van der Waals surface area contributed by atoms with Crippen LogP contribution in [0.15, 0.2) is 0 Å². The van der Waals surface area contributed by atoms with Gasteiger partial charge >= 0.3 is 5.97 Å². The Morgan fingerprint density at radius 3 is 2.55 bits per heavy atom. The molecule has 2 fully saturated rings. The third kappa shape index (κ3) is 3.99. The van der Waals surface area contributed by atoms with Gasteiger partial charge in [-0.1, -0.05) is 13.8 Å². The van der Waals surface area contributed by atoms with Gasteiger partial charge in [-0.05, 0) is 31.6 Å². The van der Waals surface area contributed by atoms with Crippen LogP contribution in [0.3, 0.4) is 0 Å². The van der Waals surface area contributed by atoms with Gasteiger partial charge in [0, 0.05) is 25.6 Å². The first kappa shape index (κ1) is 16.8. The Labute approximate surface area is 131 Å². The summed E-state index contributed by atoms with van der Waals surface area (Å²) in [4.78, 5) is 36.9. The summed E-state index contributed by atoms with van der Waals surface area (Å²) in [5, 5.41) is 11.5. The highest BCUT2D eigenvalue weighted by Gasteiger charge is 2.38. The second-order valence-corrected chi connectivity index (χ2v) is 6.85. The lowest BCUT2D eigenvalue weighted by Crippen LogP contribution is -2.41. The number of carboxylic acid groups (broad SMARTS) is 1. The molecule has 0 bridgehead atoms. The predicted molar refractivity (Wildman–Crippen MR) is 81.0 cm³/mol. The van der Waals surface area contributed by atoms with Crippen LogP contribution in [-0.4, -0.2) is 46.9 Å². The molecular weight excluding hydrogens is 284 g/mol. The molecule has 22 heavy (non-hydrogen) atoms. The van der Waals surface area contributed by atoms with E-state index < -0.39 is 11.9 Å². The van der Waals surface area contributed by atoms with Gasteiger partial charge in [0.2, 0.25) is 11.8 Å². The van der Waals surface area contributed by atoms with Gasteiger partial charge in [-0.25, -0.2) is 0 Å². The molecule has 2 amide bonds. The molecule has 0 spiro atoms. The lowest BCUT2D eigenvalue weighted by Gasteiger charge is -2.33. The number of carboxylic acids is 1. The normalized spacial score (nSPS) is 30.2. The van der Waals surface area contributed by atoms with E-state index in [9.17, 15) is 14.4 Å². The van der Waals surface area contributed by atoms with E-state index in [4.69, 9.17) is 5.11 Å². The summed E-state index contributed by atoms with van der Waals surface area (Å²) in [7, 11) is 0. The van der Waals surface area contributed by atoms with Crippen molar-refractivity contribution in [2.24, 2.45) is 17.8 Å². The fourth-order valence-electron chi connectivity index (χ4n) is 3.30. The second-order valence-electron chi connectivity index (χ2n) is 6.85. The Balaban J connectivity index is 1.83. The molecule has 2 aliphatic rings. The summed E-state index contributed by atoms with van der Waals surface area (Å²) >= 11 is 0. The molecule has 1 saturated heterocycles. The van der Waals surface area contributed by atoms with Crippen molar-refractivity contribution in [1.82, 2.24) is 10.2 Å². The van der Waals surface area contributed by atoms with Crippen LogP contribution in [-0.2, 0) is 14.4 Å². The van der Waals surface area contributed by atoms with Crippen LogP contribution >= 0.6 is 0 Å². The number of hydrogen-bond donors (Lipinski definition) is 2. The van der Waals surface area contributed by atoms with E-state index in [1.54, 1.807) is 6.92 Å². The number of nitrogens with one attached hydrogen (secondary N) is 1. The summed E-state index contributed by atoms with van der Waals surface area (Å²) in [6, 6.07) is 0.277. The van der Waals surface area contributed by atoms with E-state index in [1.807, 2.05) is 4.90 Å². The predicted octanol–water partition coefficient (Wildman–Crippen LogP) is 1.25. The van der Waals surface area contributed by atoms with E-state index in [-0.39, 0.29) is 36.7 Å². The highest BCUT2D eigenvalue weighted by atomic mass is 16.4. The van der Waals surface area contributed by atoms with Crippen LogP contribution in [0, 0.1) is 17.8 Å². The van der Waals surface area contributed by atoms with Gasteiger partial charge in [0.1, 0.15) is 0 Å². The Morgan fingerprint density at radius 2 is 1.95 bits per heavy atom. The average Bonchev–Trinajstić information content (AvgIpc) is 2.87. The third-order valence-corrected chi connectivity index (χ3v) is 4.96. The molecule has 0 aromatic rings. The number of nitrogens with zero attached hydrogens (tertiary/aromatic N) is 1. The Morgan fingerprint density at radius 1 is 1.32 bits per heavy atom. The maximum Gasteiger partial charge on any atom is 0.308 e. The first-order valence-electron chi connectivity index (χ1n) is 8.18. The zero-order valence-electron chi connectivity index (χ0n) is 13.4. The third-order valence-electron chi connectivity index (χ3n) is 4.96. The molecule has 0 aromatic carbocycles. The minimum Gasteiger partial charge on any atom is -0.481 e. The second kappa shape index (κ2) is 7.11. The summed E-state index contributed by atoms with van der Waals surface area (Å²) < 4.78 is 0. The van der Waals surface area contributed by atoms with Gasteiger partial charge in [-0.3, -0.25) is 14.4 Å². The Hall–Kier alpha value is -1.59. The Kier molecular flexibility index (Phi) is 5.42. The van der Waals surface area contributed by atoms with Crippen molar-refractivity contribution in [1.29, 1.82) is 0 Å². The van der Waals surface area contributed by atoms with Crippen LogP contribution in [0.2, 0.25) is 0 Å². The largest absolute Gasteiger partial charge is 0.481 e. The molecule has 2 N–H and O–H groups in total. The summed E-state index contributed by atoms with van der Waals surface area (Å²) in [6.45, 7) is 4.38. The molecule has 2 unspecified atom stereocenters. The average molecular weight is 310 g/mol. The van der Waals surface area contributed by atoms with E-state index in [2.05, 4.69) is 12.2 Å². The van der Waals surface area contributed by atoms with Crippen LogP contribution in [0.1, 0.15) is 46.0 Å². The highest BCUT2D eigenvalue weighted by molar-refractivity contribution is 5.89. The van der Waals surface area contributed by atoms with Gasteiger partial charge in [-0.2, -0.15) is 0 Å². The van der Waals surface area contributed by atoms with Gasteiger partial charge in [0.15, 0.2) is 0 Å². The maximum absolute atomic E-state index is 12.2. The lowest BCUT2D eigenvalue weighted by molar-refractivity contribution is -0.141. The van der Waals surface area contributed by atoms with Crippen molar-refractivity contribution >= 4 is 17.8 Å². The quantitative estimate of drug-likeness (QED) is 0.800. The Bertz CT molecular complexity index is 443. The molecule has 2 rings (SSSR count). The first-order chi connectivity index (χ1) is 10.4.